The van der Waals surface area contributed by atoms with Gasteiger partial charge in [0.1, 0.15) is 11.2 Å². The Kier molecular flexibility index (Phi) is 6.43. The van der Waals surface area contributed by atoms with Crippen molar-refractivity contribution in [3.05, 3.63) is 164 Å². The summed E-state index contributed by atoms with van der Waals surface area (Å²) in [5, 5.41) is 4.25. The van der Waals surface area contributed by atoms with Crippen molar-refractivity contribution in [2.75, 3.05) is 0 Å². The molecule has 220 valence electrons. The van der Waals surface area contributed by atoms with Gasteiger partial charge in [0.05, 0.1) is 0 Å². The summed E-state index contributed by atoms with van der Waals surface area (Å²) in [6, 6.07) is 56.2. The van der Waals surface area contributed by atoms with Crippen molar-refractivity contribution in [1.82, 2.24) is 15.0 Å². The zero-order chi connectivity index (χ0) is 31.2. The first-order valence-corrected chi connectivity index (χ1v) is 15.7. The summed E-state index contributed by atoms with van der Waals surface area (Å²) in [6.07, 6.45) is 0. The molecule has 4 heteroatoms. The SMILES string of the molecule is c1ccc(-c2ccc3c(c2)oc2cccc(-c4nc(-c5ccccc5)nc(-c5ccc(-c6ccccc6)c6ccccc56)n4)c23)cc1. The molecule has 0 aliphatic rings. The summed E-state index contributed by atoms with van der Waals surface area (Å²) in [4.78, 5) is 15.4. The van der Waals surface area contributed by atoms with E-state index in [1.54, 1.807) is 0 Å². The molecular weight excluding hydrogens is 574 g/mol. The number of rotatable bonds is 5. The first kappa shape index (κ1) is 27.0. The number of benzene rings is 7. The van der Waals surface area contributed by atoms with E-state index in [0.717, 1.165) is 60.5 Å². The van der Waals surface area contributed by atoms with Crippen LogP contribution in [0.5, 0.6) is 0 Å². The molecule has 0 amide bonds. The second-order valence-corrected chi connectivity index (χ2v) is 11.6. The number of hydrogen-bond donors (Lipinski definition) is 0. The molecule has 4 nitrogen and oxygen atoms in total. The molecule has 0 N–H and O–H groups in total. The summed E-state index contributed by atoms with van der Waals surface area (Å²) < 4.78 is 6.45. The lowest BCUT2D eigenvalue weighted by atomic mass is 9.94. The van der Waals surface area contributed by atoms with Crippen LogP contribution >= 0.6 is 0 Å². The molecule has 0 fully saturated rings. The average Bonchev–Trinajstić information content (AvgIpc) is 3.53. The predicted octanol–water partition coefficient (Wildman–Crippen LogP) is 11.3. The van der Waals surface area contributed by atoms with Gasteiger partial charge < -0.3 is 4.42 Å². The molecule has 0 aliphatic heterocycles. The molecule has 0 saturated carbocycles. The Bertz CT molecular complexity index is 2560. The molecule has 0 aliphatic carbocycles. The van der Waals surface area contributed by atoms with Gasteiger partial charge in [0.25, 0.3) is 0 Å². The molecule has 47 heavy (non-hydrogen) atoms. The van der Waals surface area contributed by atoms with E-state index in [2.05, 4.69) is 109 Å². The van der Waals surface area contributed by atoms with Gasteiger partial charge in [-0.2, -0.15) is 0 Å². The highest BCUT2D eigenvalue weighted by Crippen LogP contribution is 2.39. The Balaban J connectivity index is 1.27. The van der Waals surface area contributed by atoms with Gasteiger partial charge in [0.15, 0.2) is 17.5 Å². The molecule has 9 aromatic rings. The van der Waals surface area contributed by atoms with E-state index >= 15 is 0 Å². The third kappa shape index (κ3) is 4.75. The Morgan fingerprint density at radius 3 is 1.62 bits per heavy atom. The Labute approximate surface area is 271 Å². The Hall–Kier alpha value is -6.39. The molecule has 0 unspecified atom stereocenters. The summed E-state index contributed by atoms with van der Waals surface area (Å²) in [7, 11) is 0. The van der Waals surface area contributed by atoms with E-state index in [-0.39, 0.29) is 0 Å². The van der Waals surface area contributed by atoms with E-state index in [1.165, 1.54) is 11.1 Å². The molecule has 7 aromatic carbocycles. The number of fused-ring (bicyclic) bond motifs is 4. The van der Waals surface area contributed by atoms with Crippen LogP contribution in [0.3, 0.4) is 0 Å². The third-order valence-electron chi connectivity index (χ3n) is 8.76. The molecule has 0 atom stereocenters. The van der Waals surface area contributed by atoms with Crippen molar-refractivity contribution in [2.24, 2.45) is 0 Å². The van der Waals surface area contributed by atoms with Crippen LogP contribution in [0.4, 0.5) is 0 Å². The maximum atomic E-state index is 6.45. The maximum absolute atomic E-state index is 6.45. The third-order valence-corrected chi connectivity index (χ3v) is 8.76. The molecule has 0 spiro atoms. The number of furan rings is 1. The van der Waals surface area contributed by atoms with Crippen LogP contribution in [0, 0.1) is 0 Å². The first-order chi connectivity index (χ1) is 23.3. The topological polar surface area (TPSA) is 51.8 Å². The lowest BCUT2D eigenvalue weighted by Gasteiger charge is -2.13. The number of aromatic nitrogens is 3. The quantitative estimate of drug-likeness (QED) is 0.197. The fraction of sp³-hybridized carbons (Fsp3) is 0. The van der Waals surface area contributed by atoms with Crippen LogP contribution in [0.25, 0.3) is 89.1 Å². The molecule has 0 bridgehead atoms. The van der Waals surface area contributed by atoms with Gasteiger partial charge in [-0.1, -0.05) is 140 Å². The standard InChI is InChI=1S/C43H27N3O/c1-4-13-28(14-5-1)31-23-24-36-39(27-31)47-38-22-12-21-37(40(36)38)43-45-41(30-17-8-3-9-18-30)44-42(46-43)35-26-25-32(29-15-6-2-7-16-29)33-19-10-11-20-34(33)35/h1-27H. The second-order valence-electron chi connectivity index (χ2n) is 11.6. The van der Waals surface area contributed by atoms with Crippen LogP contribution in [-0.2, 0) is 0 Å². The lowest BCUT2D eigenvalue weighted by Crippen LogP contribution is -2.01. The fourth-order valence-corrected chi connectivity index (χ4v) is 6.52. The highest BCUT2D eigenvalue weighted by molar-refractivity contribution is 6.12. The van der Waals surface area contributed by atoms with Crippen molar-refractivity contribution in [3.8, 4) is 56.4 Å². The highest BCUT2D eigenvalue weighted by atomic mass is 16.3. The lowest BCUT2D eigenvalue weighted by molar-refractivity contribution is 0.669. The normalized spacial score (nSPS) is 11.4. The zero-order valence-electron chi connectivity index (χ0n) is 25.3. The number of hydrogen-bond acceptors (Lipinski definition) is 4. The second kappa shape index (κ2) is 11.2. The van der Waals surface area contributed by atoms with Gasteiger partial charge in [0, 0.05) is 27.5 Å². The van der Waals surface area contributed by atoms with E-state index in [0.29, 0.717) is 17.5 Å². The monoisotopic (exact) mass is 601 g/mol. The first-order valence-electron chi connectivity index (χ1n) is 15.7. The van der Waals surface area contributed by atoms with Gasteiger partial charge in [-0.15, -0.1) is 0 Å². The summed E-state index contributed by atoms with van der Waals surface area (Å²) >= 11 is 0. The Morgan fingerprint density at radius 2 is 0.894 bits per heavy atom. The van der Waals surface area contributed by atoms with Crippen molar-refractivity contribution >= 4 is 32.7 Å². The van der Waals surface area contributed by atoms with Gasteiger partial charge in [-0.25, -0.2) is 15.0 Å². The minimum absolute atomic E-state index is 0.602. The largest absolute Gasteiger partial charge is 0.456 e. The number of nitrogens with zero attached hydrogens (tertiary/aromatic N) is 3. The molecule has 2 heterocycles. The van der Waals surface area contributed by atoms with Crippen LogP contribution in [0.2, 0.25) is 0 Å². The summed E-state index contributed by atoms with van der Waals surface area (Å²) in [5.41, 5.74) is 9.01. The molecule has 9 rings (SSSR count). The van der Waals surface area contributed by atoms with Crippen molar-refractivity contribution < 1.29 is 4.42 Å². The van der Waals surface area contributed by atoms with Crippen LogP contribution in [0.1, 0.15) is 0 Å². The van der Waals surface area contributed by atoms with Gasteiger partial charge in [0.2, 0.25) is 0 Å². The zero-order valence-corrected chi connectivity index (χ0v) is 25.3. The van der Waals surface area contributed by atoms with Crippen LogP contribution in [0.15, 0.2) is 168 Å². The van der Waals surface area contributed by atoms with Gasteiger partial charge in [-0.3, -0.25) is 0 Å². The average molecular weight is 602 g/mol. The van der Waals surface area contributed by atoms with Crippen molar-refractivity contribution in [3.63, 3.8) is 0 Å². The summed E-state index contributed by atoms with van der Waals surface area (Å²) in [6.45, 7) is 0. The van der Waals surface area contributed by atoms with Gasteiger partial charge >= 0.3 is 0 Å². The molecule has 2 aromatic heterocycles. The fourth-order valence-electron chi connectivity index (χ4n) is 6.52. The van der Waals surface area contributed by atoms with E-state index < -0.39 is 0 Å². The minimum atomic E-state index is 0.602. The van der Waals surface area contributed by atoms with Crippen LogP contribution < -0.4 is 0 Å². The molecule has 0 radical (unpaired) electrons. The highest BCUT2D eigenvalue weighted by Gasteiger charge is 2.19. The van der Waals surface area contributed by atoms with Gasteiger partial charge in [-0.05, 0) is 57.3 Å². The van der Waals surface area contributed by atoms with Crippen molar-refractivity contribution in [1.29, 1.82) is 0 Å². The minimum Gasteiger partial charge on any atom is -0.456 e. The van der Waals surface area contributed by atoms with E-state index in [9.17, 15) is 0 Å². The smallest absolute Gasteiger partial charge is 0.164 e. The van der Waals surface area contributed by atoms with E-state index in [4.69, 9.17) is 19.4 Å². The maximum Gasteiger partial charge on any atom is 0.164 e. The van der Waals surface area contributed by atoms with E-state index in [1.807, 2.05) is 54.6 Å². The van der Waals surface area contributed by atoms with Crippen molar-refractivity contribution in [2.45, 2.75) is 0 Å². The Morgan fingerprint density at radius 1 is 0.319 bits per heavy atom. The van der Waals surface area contributed by atoms with Crippen LogP contribution in [-0.4, -0.2) is 15.0 Å². The molecule has 0 saturated heterocycles. The predicted molar refractivity (Wildman–Crippen MR) is 192 cm³/mol. The molecular formula is C43H27N3O. The summed E-state index contributed by atoms with van der Waals surface area (Å²) in [5.74, 6) is 1.85.